The van der Waals surface area contributed by atoms with E-state index in [0.29, 0.717) is 12.1 Å². The number of hydrogen-bond donors (Lipinski definition) is 1. The molecule has 0 aliphatic rings. The lowest BCUT2D eigenvalue weighted by molar-refractivity contribution is 0.0953. The number of rotatable bonds is 7. The molecule has 2 heterocycles. The van der Waals surface area contributed by atoms with Gasteiger partial charge in [-0.15, -0.1) is 11.8 Å². The van der Waals surface area contributed by atoms with E-state index in [0.717, 1.165) is 22.9 Å². The molecular weight excluding hydrogens is 339 g/mol. The molecule has 0 aliphatic heterocycles. The standard InChI is InChI=1S/C18H19FN4OS/c1-22-18(23-10-2-3-11-23)16(13-21-22)17(24)20-9-4-12-25-15-7-5-14(19)6-8-15/h2-3,5-8,10-11,13H,4,9,12H2,1H3,(H,20,24). The number of benzene rings is 1. The number of hydrogen-bond acceptors (Lipinski definition) is 3. The Morgan fingerprint density at radius 1 is 1.24 bits per heavy atom. The van der Waals surface area contributed by atoms with Crippen LogP contribution in [0.5, 0.6) is 0 Å². The smallest absolute Gasteiger partial charge is 0.256 e. The van der Waals surface area contributed by atoms with Crippen molar-refractivity contribution < 1.29 is 9.18 Å². The van der Waals surface area contributed by atoms with Gasteiger partial charge in [0, 0.05) is 30.9 Å². The highest BCUT2D eigenvalue weighted by atomic mass is 32.2. The summed E-state index contributed by atoms with van der Waals surface area (Å²) < 4.78 is 16.4. The predicted octanol–water partition coefficient (Wildman–Crippen LogP) is 3.26. The van der Waals surface area contributed by atoms with Crippen molar-refractivity contribution in [1.82, 2.24) is 19.7 Å². The number of aromatic nitrogens is 3. The van der Waals surface area contributed by atoms with Crippen LogP contribution in [0.4, 0.5) is 4.39 Å². The van der Waals surface area contributed by atoms with Crippen LogP contribution in [0.25, 0.3) is 5.82 Å². The van der Waals surface area contributed by atoms with Crippen molar-refractivity contribution >= 4 is 17.7 Å². The van der Waals surface area contributed by atoms with Gasteiger partial charge in [-0.05, 0) is 48.6 Å². The Morgan fingerprint density at radius 2 is 1.96 bits per heavy atom. The average Bonchev–Trinajstić information content (AvgIpc) is 3.25. The molecule has 0 aliphatic carbocycles. The summed E-state index contributed by atoms with van der Waals surface area (Å²) in [6.07, 6.45) is 6.17. The van der Waals surface area contributed by atoms with Crippen molar-refractivity contribution in [3.63, 3.8) is 0 Å². The second-order valence-electron chi connectivity index (χ2n) is 5.51. The minimum atomic E-state index is -0.230. The summed E-state index contributed by atoms with van der Waals surface area (Å²) in [7, 11) is 1.81. The quantitative estimate of drug-likeness (QED) is 0.521. The number of aryl methyl sites for hydroxylation is 1. The van der Waals surface area contributed by atoms with Crippen LogP contribution in [0.1, 0.15) is 16.8 Å². The summed E-state index contributed by atoms with van der Waals surface area (Å²) in [6, 6.07) is 10.2. The molecule has 0 saturated heterocycles. The van der Waals surface area contributed by atoms with Crippen molar-refractivity contribution in [2.75, 3.05) is 12.3 Å². The van der Waals surface area contributed by atoms with Crippen LogP contribution in [0.3, 0.4) is 0 Å². The third kappa shape index (κ3) is 4.30. The van der Waals surface area contributed by atoms with Crippen molar-refractivity contribution in [2.24, 2.45) is 7.05 Å². The molecule has 7 heteroatoms. The van der Waals surface area contributed by atoms with Crippen LogP contribution in [0.15, 0.2) is 59.9 Å². The number of nitrogens with one attached hydrogen (secondary N) is 1. The molecule has 2 aromatic heterocycles. The van der Waals surface area contributed by atoms with E-state index in [9.17, 15) is 9.18 Å². The largest absolute Gasteiger partial charge is 0.352 e. The van der Waals surface area contributed by atoms with Gasteiger partial charge in [0.25, 0.3) is 5.91 Å². The summed E-state index contributed by atoms with van der Waals surface area (Å²) >= 11 is 1.64. The first-order chi connectivity index (χ1) is 12.1. The van der Waals surface area contributed by atoms with Gasteiger partial charge in [-0.2, -0.15) is 5.10 Å². The zero-order valence-electron chi connectivity index (χ0n) is 13.9. The Bertz CT molecular complexity index is 827. The van der Waals surface area contributed by atoms with Crippen molar-refractivity contribution in [3.8, 4) is 5.82 Å². The first-order valence-corrected chi connectivity index (χ1v) is 8.95. The van der Waals surface area contributed by atoms with Gasteiger partial charge in [-0.25, -0.2) is 4.39 Å². The Hall–Kier alpha value is -2.54. The van der Waals surface area contributed by atoms with Crippen molar-refractivity contribution in [3.05, 3.63) is 66.4 Å². The number of nitrogens with zero attached hydrogens (tertiary/aromatic N) is 3. The minimum Gasteiger partial charge on any atom is -0.352 e. The first kappa shape index (κ1) is 17.3. The van der Waals surface area contributed by atoms with E-state index in [2.05, 4.69) is 10.4 Å². The molecule has 1 aromatic carbocycles. The molecule has 0 radical (unpaired) electrons. The number of thioether (sulfide) groups is 1. The lowest BCUT2D eigenvalue weighted by Crippen LogP contribution is -2.25. The summed E-state index contributed by atoms with van der Waals surface area (Å²) in [5.41, 5.74) is 0.546. The molecule has 0 saturated carbocycles. The highest BCUT2D eigenvalue weighted by Crippen LogP contribution is 2.18. The van der Waals surface area contributed by atoms with E-state index < -0.39 is 0 Å². The molecule has 0 atom stereocenters. The van der Waals surface area contributed by atoms with E-state index in [1.165, 1.54) is 12.1 Å². The summed E-state index contributed by atoms with van der Waals surface area (Å²) in [6.45, 7) is 0.576. The molecule has 130 valence electrons. The molecule has 3 aromatic rings. The van der Waals surface area contributed by atoms with Crippen LogP contribution >= 0.6 is 11.8 Å². The third-order valence-electron chi connectivity index (χ3n) is 3.69. The molecule has 1 amide bonds. The molecule has 25 heavy (non-hydrogen) atoms. The van der Waals surface area contributed by atoms with Crippen LogP contribution < -0.4 is 5.32 Å². The summed E-state index contributed by atoms with van der Waals surface area (Å²) in [4.78, 5) is 13.4. The summed E-state index contributed by atoms with van der Waals surface area (Å²) in [5.74, 6) is 1.22. The highest BCUT2D eigenvalue weighted by molar-refractivity contribution is 7.99. The van der Waals surface area contributed by atoms with Crippen LogP contribution in [-0.2, 0) is 7.05 Å². The monoisotopic (exact) mass is 358 g/mol. The van der Waals surface area contributed by atoms with Crippen molar-refractivity contribution in [2.45, 2.75) is 11.3 Å². The third-order valence-corrected chi connectivity index (χ3v) is 4.79. The van der Waals surface area contributed by atoms with E-state index in [4.69, 9.17) is 0 Å². The zero-order chi connectivity index (χ0) is 17.6. The van der Waals surface area contributed by atoms with E-state index >= 15 is 0 Å². The molecule has 0 unspecified atom stereocenters. The van der Waals surface area contributed by atoms with Gasteiger partial charge in [0.15, 0.2) is 0 Å². The fourth-order valence-electron chi connectivity index (χ4n) is 2.46. The normalized spacial score (nSPS) is 10.8. The molecule has 3 rings (SSSR count). The van der Waals surface area contributed by atoms with Gasteiger partial charge in [0.05, 0.1) is 6.20 Å². The maximum absolute atomic E-state index is 12.9. The fraction of sp³-hybridized carbons (Fsp3) is 0.222. The van der Waals surface area contributed by atoms with E-state index in [1.807, 2.05) is 36.1 Å². The molecule has 0 fully saturated rings. The fourth-order valence-corrected chi connectivity index (χ4v) is 3.32. The first-order valence-electron chi connectivity index (χ1n) is 7.97. The lowest BCUT2D eigenvalue weighted by Gasteiger charge is -2.08. The maximum atomic E-state index is 12.9. The topological polar surface area (TPSA) is 51.9 Å². The second kappa shape index (κ2) is 8.02. The zero-order valence-corrected chi connectivity index (χ0v) is 14.7. The summed E-state index contributed by atoms with van der Waals surface area (Å²) in [5, 5.41) is 7.12. The average molecular weight is 358 g/mol. The van der Waals surface area contributed by atoms with Crippen molar-refractivity contribution in [1.29, 1.82) is 0 Å². The lowest BCUT2D eigenvalue weighted by atomic mass is 10.3. The number of amides is 1. The SMILES string of the molecule is Cn1ncc(C(=O)NCCCSc2ccc(F)cc2)c1-n1cccc1. The maximum Gasteiger partial charge on any atom is 0.256 e. The highest BCUT2D eigenvalue weighted by Gasteiger charge is 2.16. The Labute approximate surface area is 149 Å². The van der Waals surface area contributed by atoms with Crippen LogP contribution in [0, 0.1) is 5.82 Å². The molecule has 1 N–H and O–H groups in total. The van der Waals surface area contributed by atoms with Gasteiger partial charge < -0.3 is 9.88 Å². The van der Waals surface area contributed by atoms with Gasteiger partial charge in [-0.1, -0.05) is 0 Å². The Balaban J connectivity index is 1.49. The van der Waals surface area contributed by atoms with E-state index in [1.54, 1.807) is 34.8 Å². The minimum absolute atomic E-state index is 0.136. The van der Waals surface area contributed by atoms with Gasteiger partial charge in [0.2, 0.25) is 0 Å². The van der Waals surface area contributed by atoms with Crippen LogP contribution in [-0.4, -0.2) is 32.6 Å². The number of halogens is 1. The number of carbonyl (C=O) groups is 1. The molecule has 5 nitrogen and oxygen atoms in total. The second-order valence-corrected chi connectivity index (χ2v) is 6.68. The van der Waals surface area contributed by atoms with E-state index in [-0.39, 0.29) is 11.7 Å². The van der Waals surface area contributed by atoms with Gasteiger partial charge in [-0.3, -0.25) is 9.48 Å². The van der Waals surface area contributed by atoms with Crippen LogP contribution in [0.2, 0.25) is 0 Å². The Morgan fingerprint density at radius 3 is 2.68 bits per heavy atom. The predicted molar refractivity (Wildman–Crippen MR) is 96.6 cm³/mol. The van der Waals surface area contributed by atoms with Gasteiger partial charge >= 0.3 is 0 Å². The molecule has 0 bridgehead atoms. The molecular formula is C18H19FN4OS. The Kier molecular flexibility index (Phi) is 5.55. The molecule has 0 spiro atoms. The number of carbonyl (C=O) groups excluding carboxylic acids is 1. The van der Waals surface area contributed by atoms with Gasteiger partial charge in [0.1, 0.15) is 17.2 Å².